The summed E-state index contributed by atoms with van der Waals surface area (Å²) in [6.45, 7) is 4.77. The van der Waals surface area contributed by atoms with Crippen LogP contribution in [-0.4, -0.2) is 30.2 Å². The van der Waals surface area contributed by atoms with Crippen LogP contribution >= 0.6 is 0 Å². The zero-order chi connectivity index (χ0) is 18.6. The lowest BCUT2D eigenvalue weighted by Gasteiger charge is -2.11. The van der Waals surface area contributed by atoms with Gasteiger partial charge in [-0.15, -0.1) is 0 Å². The zero-order valence-corrected chi connectivity index (χ0v) is 15.2. The fraction of sp³-hybridized carbons (Fsp3) is 0.400. The summed E-state index contributed by atoms with van der Waals surface area (Å²) in [4.78, 5) is 16.2. The highest BCUT2D eigenvalue weighted by Crippen LogP contribution is 2.06. The van der Waals surface area contributed by atoms with Crippen molar-refractivity contribution in [1.29, 1.82) is 0 Å². The molecule has 0 fully saturated rings. The van der Waals surface area contributed by atoms with Crippen LogP contribution in [0.1, 0.15) is 25.3 Å². The minimum Gasteiger partial charge on any atom is -0.357 e. The summed E-state index contributed by atoms with van der Waals surface area (Å²) in [5.74, 6) is 0.563. The lowest BCUT2D eigenvalue weighted by atomic mass is 10.1. The molecule has 0 saturated carbocycles. The maximum Gasteiger partial charge on any atom is 0.250 e. The number of aliphatic imine (C=N–C) groups is 1. The third-order valence-corrected chi connectivity index (χ3v) is 3.96. The Morgan fingerprint density at radius 1 is 1.12 bits per heavy atom. The van der Waals surface area contributed by atoms with E-state index in [1.807, 2.05) is 19.1 Å². The van der Waals surface area contributed by atoms with Crippen LogP contribution in [0.15, 0.2) is 58.4 Å². The molecule has 0 saturated heterocycles. The summed E-state index contributed by atoms with van der Waals surface area (Å²) in [5.41, 5.74) is 0.725. The Morgan fingerprint density at radius 3 is 2.69 bits per heavy atom. The molecule has 0 aliphatic heterocycles. The monoisotopic (exact) mass is 358 g/mol. The summed E-state index contributed by atoms with van der Waals surface area (Å²) in [5, 5.41) is 6.42. The van der Waals surface area contributed by atoms with Gasteiger partial charge in [0.1, 0.15) is 5.82 Å². The zero-order valence-electron chi connectivity index (χ0n) is 15.2. The number of rotatable bonds is 9. The van der Waals surface area contributed by atoms with Crippen LogP contribution in [-0.2, 0) is 13.0 Å². The van der Waals surface area contributed by atoms with Crippen molar-refractivity contribution in [2.45, 2.75) is 32.7 Å². The fourth-order valence-corrected chi connectivity index (χ4v) is 2.59. The molecule has 2 rings (SSSR count). The summed E-state index contributed by atoms with van der Waals surface area (Å²) in [7, 11) is 0. The molecule has 6 heteroatoms. The predicted octanol–water partition coefficient (Wildman–Crippen LogP) is 2.57. The molecule has 0 aliphatic rings. The van der Waals surface area contributed by atoms with E-state index in [9.17, 15) is 9.18 Å². The molecule has 5 nitrogen and oxygen atoms in total. The Bertz CT molecular complexity index is 757. The molecular formula is C20H27FN4O. The Balaban J connectivity index is 1.73. The van der Waals surface area contributed by atoms with Crippen LogP contribution in [0.4, 0.5) is 4.39 Å². The molecule has 0 amide bonds. The van der Waals surface area contributed by atoms with Crippen LogP contribution in [0.3, 0.4) is 0 Å². The average Bonchev–Trinajstić information content (AvgIpc) is 2.64. The highest BCUT2D eigenvalue weighted by Gasteiger charge is 2.02. The first kappa shape index (κ1) is 19.7. The number of hydrogen-bond donors (Lipinski definition) is 2. The number of pyridine rings is 1. The van der Waals surface area contributed by atoms with Crippen molar-refractivity contribution in [2.75, 3.05) is 19.6 Å². The van der Waals surface area contributed by atoms with Crippen LogP contribution in [0.25, 0.3) is 0 Å². The van der Waals surface area contributed by atoms with Gasteiger partial charge in [-0.1, -0.05) is 24.3 Å². The SMILES string of the molecule is CCNC(=NCCCCn1ccccc1=O)NCCc1ccccc1F. The van der Waals surface area contributed by atoms with Gasteiger partial charge in [0.05, 0.1) is 0 Å². The number of benzene rings is 1. The summed E-state index contributed by atoms with van der Waals surface area (Å²) >= 11 is 0. The molecule has 2 N–H and O–H groups in total. The maximum atomic E-state index is 13.6. The van der Waals surface area contributed by atoms with E-state index in [2.05, 4.69) is 15.6 Å². The summed E-state index contributed by atoms with van der Waals surface area (Å²) in [6, 6.07) is 12.0. The third-order valence-electron chi connectivity index (χ3n) is 3.96. The highest BCUT2D eigenvalue weighted by molar-refractivity contribution is 5.79. The van der Waals surface area contributed by atoms with Crippen molar-refractivity contribution < 1.29 is 4.39 Å². The summed E-state index contributed by atoms with van der Waals surface area (Å²) in [6.07, 6.45) is 4.20. The number of unbranched alkanes of at least 4 members (excludes halogenated alkanes) is 1. The molecule has 0 atom stereocenters. The quantitative estimate of drug-likeness (QED) is 0.411. The molecule has 1 aromatic heterocycles. The molecule has 0 spiro atoms. The van der Waals surface area contributed by atoms with Gasteiger partial charge in [0.25, 0.3) is 0 Å². The van der Waals surface area contributed by atoms with Gasteiger partial charge in [0, 0.05) is 38.4 Å². The highest BCUT2D eigenvalue weighted by atomic mass is 19.1. The van der Waals surface area contributed by atoms with Crippen molar-refractivity contribution >= 4 is 5.96 Å². The largest absolute Gasteiger partial charge is 0.357 e. The molecule has 0 unspecified atom stereocenters. The Hall–Kier alpha value is -2.63. The standard InChI is InChI=1S/C20H27FN4O/c1-2-22-20(24-14-12-17-9-3-4-10-18(17)21)23-13-6-8-16-25-15-7-5-11-19(25)26/h3-5,7,9-11,15H,2,6,8,12-14,16H2,1H3,(H2,22,23,24). The second kappa shape index (κ2) is 11.1. The third kappa shape index (κ3) is 6.70. The van der Waals surface area contributed by atoms with Crippen LogP contribution in [0.5, 0.6) is 0 Å². The van der Waals surface area contributed by atoms with Crippen LogP contribution < -0.4 is 16.2 Å². The molecular weight excluding hydrogens is 331 g/mol. The number of aromatic nitrogens is 1. The lowest BCUT2D eigenvalue weighted by molar-refractivity contribution is 0.597. The van der Waals surface area contributed by atoms with E-state index < -0.39 is 0 Å². The molecule has 140 valence electrons. The number of aryl methyl sites for hydroxylation is 1. The topological polar surface area (TPSA) is 58.4 Å². The van der Waals surface area contributed by atoms with Crippen molar-refractivity contribution in [2.24, 2.45) is 4.99 Å². The van der Waals surface area contributed by atoms with Crippen LogP contribution in [0.2, 0.25) is 0 Å². The molecule has 2 aromatic rings. The minimum atomic E-state index is -0.174. The maximum absolute atomic E-state index is 13.6. The average molecular weight is 358 g/mol. The minimum absolute atomic E-state index is 0.0270. The van der Waals surface area contributed by atoms with Crippen molar-refractivity contribution in [3.8, 4) is 0 Å². The molecule has 0 aliphatic carbocycles. The lowest BCUT2D eigenvalue weighted by Crippen LogP contribution is -2.38. The molecule has 26 heavy (non-hydrogen) atoms. The van der Waals surface area contributed by atoms with Gasteiger partial charge in [0.15, 0.2) is 5.96 Å². The number of halogens is 1. The molecule has 1 aromatic carbocycles. The first-order valence-corrected chi connectivity index (χ1v) is 9.11. The molecule has 1 heterocycles. The second-order valence-corrected chi connectivity index (χ2v) is 5.97. The van der Waals surface area contributed by atoms with Crippen molar-refractivity contribution in [3.05, 3.63) is 70.4 Å². The van der Waals surface area contributed by atoms with E-state index in [4.69, 9.17) is 0 Å². The van der Waals surface area contributed by atoms with Gasteiger partial charge in [-0.2, -0.15) is 0 Å². The van der Waals surface area contributed by atoms with Crippen molar-refractivity contribution in [3.63, 3.8) is 0 Å². The first-order valence-electron chi connectivity index (χ1n) is 9.11. The van der Waals surface area contributed by atoms with Gasteiger partial charge in [0.2, 0.25) is 5.56 Å². The second-order valence-electron chi connectivity index (χ2n) is 5.97. The molecule has 0 radical (unpaired) electrons. The fourth-order valence-electron chi connectivity index (χ4n) is 2.59. The van der Waals surface area contributed by atoms with Gasteiger partial charge in [-0.25, -0.2) is 4.39 Å². The Kier molecular flexibility index (Phi) is 8.39. The Morgan fingerprint density at radius 2 is 1.92 bits per heavy atom. The number of nitrogens with zero attached hydrogens (tertiary/aromatic N) is 2. The van der Waals surface area contributed by atoms with Gasteiger partial charge in [-0.05, 0) is 43.9 Å². The van der Waals surface area contributed by atoms with E-state index in [1.165, 1.54) is 6.07 Å². The van der Waals surface area contributed by atoms with E-state index in [0.717, 1.165) is 25.3 Å². The van der Waals surface area contributed by atoms with Gasteiger partial charge < -0.3 is 15.2 Å². The van der Waals surface area contributed by atoms with Gasteiger partial charge in [-0.3, -0.25) is 9.79 Å². The number of nitrogens with one attached hydrogen (secondary N) is 2. The van der Waals surface area contributed by atoms with E-state index in [1.54, 1.807) is 35.0 Å². The first-order chi connectivity index (χ1) is 12.7. The van der Waals surface area contributed by atoms with Crippen molar-refractivity contribution in [1.82, 2.24) is 15.2 Å². The van der Waals surface area contributed by atoms with E-state index in [0.29, 0.717) is 31.6 Å². The van der Waals surface area contributed by atoms with Gasteiger partial charge >= 0.3 is 0 Å². The smallest absolute Gasteiger partial charge is 0.250 e. The number of hydrogen-bond acceptors (Lipinski definition) is 2. The molecule has 0 bridgehead atoms. The van der Waals surface area contributed by atoms with E-state index in [-0.39, 0.29) is 11.4 Å². The Labute approximate surface area is 154 Å². The predicted molar refractivity (Wildman–Crippen MR) is 104 cm³/mol. The normalized spacial score (nSPS) is 11.4. The number of guanidine groups is 1. The van der Waals surface area contributed by atoms with E-state index >= 15 is 0 Å². The summed E-state index contributed by atoms with van der Waals surface area (Å²) < 4.78 is 15.3. The van der Waals surface area contributed by atoms with Crippen LogP contribution in [0, 0.1) is 5.82 Å².